The van der Waals surface area contributed by atoms with Gasteiger partial charge in [0.25, 0.3) is 0 Å². The number of nitrogens with zero attached hydrogens (tertiary/aromatic N) is 1. The molecule has 2 aromatic carbocycles. The van der Waals surface area contributed by atoms with E-state index in [1.54, 1.807) is 14.2 Å². The van der Waals surface area contributed by atoms with E-state index >= 15 is 0 Å². The molecule has 1 atom stereocenters. The largest absolute Gasteiger partial charge is 0.497 e. The van der Waals surface area contributed by atoms with Gasteiger partial charge in [0.05, 0.1) is 19.7 Å². The van der Waals surface area contributed by atoms with Crippen molar-refractivity contribution in [1.29, 1.82) is 0 Å². The van der Waals surface area contributed by atoms with Crippen molar-refractivity contribution in [2.75, 3.05) is 20.8 Å². The number of rotatable bonds is 6. The molecule has 4 aromatic rings. The third-order valence-corrected chi connectivity index (χ3v) is 5.91. The molecule has 1 aliphatic rings. The summed E-state index contributed by atoms with van der Waals surface area (Å²) in [6, 6.07) is 21.1. The lowest BCUT2D eigenvalue weighted by Crippen LogP contribution is -2.35. The molecule has 0 radical (unpaired) electrons. The van der Waals surface area contributed by atoms with Crippen molar-refractivity contribution >= 4 is 10.9 Å². The van der Waals surface area contributed by atoms with Crippen LogP contribution in [0.15, 0.2) is 65.1 Å². The van der Waals surface area contributed by atoms with Crippen LogP contribution in [0.2, 0.25) is 0 Å². The van der Waals surface area contributed by atoms with Crippen LogP contribution in [0, 0.1) is 0 Å². The van der Waals surface area contributed by atoms with E-state index < -0.39 is 0 Å². The van der Waals surface area contributed by atoms with E-state index in [0.717, 1.165) is 36.8 Å². The van der Waals surface area contributed by atoms with Gasteiger partial charge in [-0.3, -0.25) is 4.90 Å². The highest BCUT2D eigenvalue weighted by Gasteiger charge is 2.32. The second-order valence-corrected chi connectivity index (χ2v) is 7.76. The van der Waals surface area contributed by atoms with E-state index in [-0.39, 0.29) is 6.04 Å². The molecule has 0 fully saturated rings. The number of furan rings is 1. The summed E-state index contributed by atoms with van der Waals surface area (Å²) in [5.41, 5.74) is 5.08. The Balaban J connectivity index is 1.57. The number of hydrogen-bond donors (Lipinski definition) is 1. The van der Waals surface area contributed by atoms with E-state index in [0.29, 0.717) is 6.61 Å². The highest BCUT2D eigenvalue weighted by molar-refractivity contribution is 5.85. The van der Waals surface area contributed by atoms with Gasteiger partial charge in [0.15, 0.2) is 0 Å². The van der Waals surface area contributed by atoms with E-state index in [2.05, 4.69) is 58.4 Å². The fourth-order valence-electron chi connectivity index (χ4n) is 4.58. The molecule has 0 saturated carbocycles. The first kappa shape index (κ1) is 19.0. The Kier molecular flexibility index (Phi) is 5.07. The Labute approximate surface area is 176 Å². The maximum Gasteiger partial charge on any atom is 0.129 e. The zero-order valence-electron chi connectivity index (χ0n) is 17.4. The first-order valence-electron chi connectivity index (χ1n) is 10.3. The molecular weight excluding hydrogens is 376 g/mol. The lowest BCUT2D eigenvalue weighted by atomic mass is 9.92. The van der Waals surface area contributed by atoms with E-state index in [4.69, 9.17) is 13.9 Å². The Morgan fingerprint density at radius 3 is 2.77 bits per heavy atom. The van der Waals surface area contributed by atoms with Crippen molar-refractivity contribution in [2.24, 2.45) is 0 Å². The molecule has 5 rings (SSSR count). The first-order valence-corrected chi connectivity index (χ1v) is 10.3. The van der Waals surface area contributed by atoms with Gasteiger partial charge in [-0.2, -0.15) is 0 Å². The lowest BCUT2D eigenvalue weighted by Gasteiger charge is -2.35. The van der Waals surface area contributed by atoms with Crippen molar-refractivity contribution < 1.29 is 13.9 Å². The third-order valence-electron chi connectivity index (χ3n) is 5.91. The molecule has 30 heavy (non-hydrogen) atoms. The van der Waals surface area contributed by atoms with Crippen LogP contribution < -0.4 is 4.74 Å². The number of benzene rings is 2. The number of nitrogens with one attached hydrogen (secondary N) is 1. The van der Waals surface area contributed by atoms with Crippen LogP contribution >= 0.6 is 0 Å². The molecule has 0 bridgehead atoms. The molecule has 1 unspecified atom stereocenters. The van der Waals surface area contributed by atoms with Gasteiger partial charge in [0.1, 0.15) is 23.9 Å². The quantitative estimate of drug-likeness (QED) is 0.490. The minimum Gasteiger partial charge on any atom is -0.497 e. The van der Waals surface area contributed by atoms with Crippen LogP contribution in [0.25, 0.3) is 10.9 Å². The van der Waals surface area contributed by atoms with Crippen LogP contribution in [0.3, 0.4) is 0 Å². The standard InChI is InChI=1S/C25H26N2O3/c1-28-16-20-11-10-19(30-20)15-27-13-12-22-21-8-3-4-9-23(21)26-24(22)25(27)17-6-5-7-18(14-17)29-2/h3-11,14,25-26H,12-13,15-16H2,1-2H3. The lowest BCUT2D eigenvalue weighted by molar-refractivity contribution is 0.153. The summed E-state index contributed by atoms with van der Waals surface area (Å²) >= 11 is 0. The van der Waals surface area contributed by atoms with Crippen LogP contribution in [0.5, 0.6) is 5.75 Å². The molecule has 0 saturated heterocycles. The first-order chi connectivity index (χ1) is 14.8. The summed E-state index contributed by atoms with van der Waals surface area (Å²) in [6.07, 6.45) is 1.01. The average molecular weight is 402 g/mol. The number of aromatic nitrogens is 1. The number of hydrogen-bond acceptors (Lipinski definition) is 4. The van der Waals surface area contributed by atoms with Gasteiger partial charge in [0.2, 0.25) is 0 Å². The van der Waals surface area contributed by atoms with Crippen LogP contribution in [-0.4, -0.2) is 30.6 Å². The predicted molar refractivity (Wildman–Crippen MR) is 117 cm³/mol. The summed E-state index contributed by atoms with van der Waals surface area (Å²) < 4.78 is 16.7. The highest BCUT2D eigenvalue weighted by Crippen LogP contribution is 2.39. The van der Waals surface area contributed by atoms with E-state index in [1.807, 2.05) is 12.1 Å². The minimum absolute atomic E-state index is 0.104. The highest BCUT2D eigenvalue weighted by atomic mass is 16.5. The minimum atomic E-state index is 0.104. The molecular formula is C25H26N2O3. The molecule has 154 valence electrons. The van der Waals surface area contributed by atoms with Crippen LogP contribution in [0.4, 0.5) is 0 Å². The fraction of sp³-hybridized carbons (Fsp3) is 0.280. The van der Waals surface area contributed by atoms with Crippen LogP contribution in [0.1, 0.15) is 34.4 Å². The van der Waals surface area contributed by atoms with Gasteiger partial charge in [-0.25, -0.2) is 0 Å². The maximum atomic E-state index is 6.00. The number of methoxy groups -OCH3 is 2. The molecule has 0 spiro atoms. The van der Waals surface area contributed by atoms with Crippen LogP contribution in [-0.2, 0) is 24.3 Å². The van der Waals surface area contributed by atoms with Gasteiger partial charge in [-0.15, -0.1) is 0 Å². The SMILES string of the molecule is COCc1ccc(CN2CCc3c([nH]c4ccccc34)C2c2cccc(OC)c2)o1. The number of fused-ring (bicyclic) bond motifs is 3. The molecule has 0 amide bonds. The number of ether oxygens (including phenoxy) is 2. The normalized spacial score (nSPS) is 16.7. The summed E-state index contributed by atoms with van der Waals surface area (Å²) in [4.78, 5) is 6.18. The van der Waals surface area contributed by atoms with Gasteiger partial charge in [-0.1, -0.05) is 30.3 Å². The molecule has 5 heteroatoms. The Bertz CT molecular complexity index is 1160. The monoisotopic (exact) mass is 402 g/mol. The van der Waals surface area contributed by atoms with Crippen molar-refractivity contribution in [3.63, 3.8) is 0 Å². The average Bonchev–Trinajstić information content (AvgIpc) is 3.38. The summed E-state index contributed by atoms with van der Waals surface area (Å²) in [6.45, 7) is 2.18. The molecule has 0 aliphatic carbocycles. The summed E-state index contributed by atoms with van der Waals surface area (Å²) in [7, 11) is 3.40. The number of para-hydroxylation sites is 1. The molecule has 1 N–H and O–H groups in total. The molecule has 1 aliphatic heterocycles. The Morgan fingerprint density at radius 1 is 1.03 bits per heavy atom. The molecule has 3 heterocycles. The summed E-state index contributed by atoms with van der Waals surface area (Å²) in [5, 5.41) is 1.32. The zero-order chi connectivity index (χ0) is 20.5. The maximum absolute atomic E-state index is 6.00. The second-order valence-electron chi connectivity index (χ2n) is 7.76. The second kappa shape index (κ2) is 8.01. The molecule has 5 nitrogen and oxygen atoms in total. The Morgan fingerprint density at radius 2 is 1.90 bits per heavy atom. The van der Waals surface area contributed by atoms with Crippen molar-refractivity contribution in [1.82, 2.24) is 9.88 Å². The third kappa shape index (κ3) is 3.40. The topological polar surface area (TPSA) is 50.6 Å². The fourth-order valence-corrected chi connectivity index (χ4v) is 4.58. The van der Waals surface area contributed by atoms with E-state index in [1.165, 1.54) is 27.7 Å². The van der Waals surface area contributed by atoms with E-state index in [9.17, 15) is 0 Å². The van der Waals surface area contributed by atoms with Crippen molar-refractivity contribution in [2.45, 2.75) is 25.6 Å². The van der Waals surface area contributed by atoms with Crippen molar-refractivity contribution in [3.8, 4) is 5.75 Å². The number of aromatic amines is 1. The predicted octanol–water partition coefficient (Wildman–Crippen LogP) is 5.06. The summed E-state index contributed by atoms with van der Waals surface area (Å²) in [5.74, 6) is 2.68. The molecule has 2 aromatic heterocycles. The zero-order valence-corrected chi connectivity index (χ0v) is 17.4. The van der Waals surface area contributed by atoms with Gasteiger partial charge >= 0.3 is 0 Å². The van der Waals surface area contributed by atoms with Crippen molar-refractivity contribution in [3.05, 3.63) is 89.0 Å². The smallest absolute Gasteiger partial charge is 0.129 e. The van der Waals surface area contributed by atoms with Gasteiger partial charge in [0, 0.05) is 30.3 Å². The van der Waals surface area contributed by atoms with Gasteiger partial charge < -0.3 is 18.9 Å². The number of H-pyrrole nitrogens is 1. The van der Waals surface area contributed by atoms with Gasteiger partial charge in [-0.05, 0) is 47.9 Å². The Hall–Kier alpha value is -3.02.